The van der Waals surface area contributed by atoms with Crippen LogP contribution in [0.25, 0.3) is 0 Å². The number of carbonyl (C=O) groups is 1. The molecule has 0 saturated carbocycles. The third-order valence-electron chi connectivity index (χ3n) is 5.24. The van der Waals surface area contributed by atoms with E-state index in [0.29, 0.717) is 0 Å². The molecular formula is C22H45NNaO2. The van der Waals surface area contributed by atoms with E-state index in [-0.39, 0.29) is 35.6 Å². The van der Waals surface area contributed by atoms with E-state index >= 15 is 0 Å². The van der Waals surface area contributed by atoms with E-state index in [2.05, 4.69) is 6.92 Å². The standard InChI is InChI=1S/C22H45NO2.Na/c1-4-5-6-7-8-9-10-11-12-13-14-15-16-17-18-19-20-21(22(24)25)23(2)3;/h21H,4-20H2,1-3H3,(H,24,25);. The minimum atomic E-state index is -0.689. The molecule has 4 heteroatoms. The van der Waals surface area contributed by atoms with Gasteiger partial charge in [0.15, 0.2) is 0 Å². The van der Waals surface area contributed by atoms with Gasteiger partial charge in [-0.2, -0.15) is 0 Å². The Hall–Kier alpha value is 0.430. The fourth-order valence-electron chi connectivity index (χ4n) is 3.49. The normalized spacial score (nSPS) is 12.2. The first-order valence-corrected chi connectivity index (χ1v) is 11.0. The second kappa shape index (κ2) is 21.7. The van der Waals surface area contributed by atoms with E-state index in [1.54, 1.807) is 0 Å². The monoisotopic (exact) mass is 378 g/mol. The van der Waals surface area contributed by atoms with Crippen LogP contribution in [0.2, 0.25) is 0 Å². The first-order chi connectivity index (χ1) is 12.1. The summed E-state index contributed by atoms with van der Waals surface area (Å²) >= 11 is 0. The fraction of sp³-hybridized carbons (Fsp3) is 0.955. The maximum absolute atomic E-state index is 11.1. The number of nitrogens with zero attached hydrogens (tertiary/aromatic N) is 1. The van der Waals surface area contributed by atoms with Gasteiger partial charge in [0.05, 0.1) is 0 Å². The molecule has 0 aromatic heterocycles. The summed E-state index contributed by atoms with van der Waals surface area (Å²) in [4.78, 5) is 12.9. The molecule has 1 N–H and O–H groups in total. The van der Waals surface area contributed by atoms with Crippen LogP contribution in [-0.2, 0) is 4.79 Å². The van der Waals surface area contributed by atoms with Crippen molar-refractivity contribution in [3.8, 4) is 0 Å². The zero-order valence-electron chi connectivity index (χ0n) is 18.4. The van der Waals surface area contributed by atoms with E-state index in [1.807, 2.05) is 19.0 Å². The van der Waals surface area contributed by atoms with Crippen molar-refractivity contribution in [1.29, 1.82) is 0 Å². The number of unbranched alkanes of at least 4 members (excludes halogenated alkanes) is 15. The Bertz CT molecular complexity index is 298. The van der Waals surface area contributed by atoms with Gasteiger partial charge in [-0.05, 0) is 20.5 Å². The van der Waals surface area contributed by atoms with Gasteiger partial charge in [-0.25, -0.2) is 0 Å². The molecule has 0 aliphatic carbocycles. The molecule has 0 heterocycles. The molecule has 0 saturated heterocycles. The van der Waals surface area contributed by atoms with Gasteiger partial charge in [0, 0.05) is 29.6 Å². The molecule has 0 fully saturated rings. The fourth-order valence-corrected chi connectivity index (χ4v) is 3.49. The van der Waals surface area contributed by atoms with Crippen LogP contribution in [0, 0.1) is 0 Å². The molecule has 0 bridgehead atoms. The van der Waals surface area contributed by atoms with Crippen LogP contribution >= 0.6 is 0 Å². The number of carboxylic acid groups (broad SMARTS) is 1. The summed E-state index contributed by atoms with van der Waals surface area (Å²) in [5, 5.41) is 9.13. The van der Waals surface area contributed by atoms with Crippen molar-refractivity contribution < 1.29 is 9.90 Å². The van der Waals surface area contributed by atoms with Crippen LogP contribution in [0.15, 0.2) is 0 Å². The van der Waals surface area contributed by atoms with Gasteiger partial charge in [0.25, 0.3) is 0 Å². The van der Waals surface area contributed by atoms with Gasteiger partial charge in [-0.3, -0.25) is 9.69 Å². The summed E-state index contributed by atoms with van der Waals surface area (Å²) in [5.74, 6) is -0.689. The smallest absolute Gasteiger partial charge is 0.320 e. The summed E-state index contributed by atoms with van der Waals surface area (Å²) in [6, 6.07) is -0.313. The molecule has 1 radical (unpaired) electrons. The predicted molar refractivity (Wildman–Crippen MR) is 115 cm³/mol. The molecule has 0 aromatic carbocycles. The average Bonchev–Trinajstić information content (AvgIpc) is 2.57. The number of rotatable bonds is 19. The quantitative estimate of drug-likeness (QED) is 0.213. The Morgan fingerprint density at radius 2 is 1.00 bits per heavy atom. The van der Waals surface area contributed by atoms with Crippen LogP contribution in [0.4, 0.5) is 0 Å². The van der Waals surface area contributed by atoms with Crippen molar-refractivity contribution >= 4 is 35.5 Å². The van der Waals surface area contributed by atoms with E-state index in [1.165, 1.54) is 96.3 Å². The second-order valence-electron chi connectivity index (χ2n) is 7.91. The van der Waals surface area contributed by atoms with Crippen LogP contribution < -0.4 is 0 Å². The summed E-state index contributed by atoms with van der Waals surface area (Å²) < 4.78 is 0. The number of likely N-dealkylation sites (N-methyl/N-ethyl adjacent to an activating group) is 1. The molecule has 1 atom stereocenters. The third kappa shape index (κ3) is 19.2. The van der Waals surface area contributed by atoms with Crippen LogP contribution in [0.1, 0.15) is 116 Å². The summed E-state index contributed by atoms with van der Waals surface area (Å²) in [7, 11) is 3.70. The van der Waals surface area contributed by atoms with Crippen molar-refractivity contribution in [3.05, 3.63) is 0 Å². The predicted octanol–water partition coefficient (Wildman–Crippen LogP) is 6.27. The van der Waals surface area contributed by atoms with Crippen LogP contribution in [0.3, 0.4) is 0 Å². The zero-order chi connectivity index (χ0) is 18.8. The Kier molecular flexibility index (Phi) is 23.9. The molecule has 0 aromatic rings. The van der Waals surface area contributed by atoms with Crippen molar-refractivity contribution in [1.82, 2.24) is 4.90 Å². The number of carboxylic acids is 1. The Labute approximate surface area is 186 Å². The molecule has 0 aliphatic heterocycles. The van der Waals surface area contributed by atoms with Crippen molar-refractivity contribution in [2.45, 2.75) is 122 Å². The largest absolute Gasteiger partial charge is 0.480 e. The molecule has 151 valence electrons. The van der Waals surface area contributed by atoms with E-state index in [4.69, 9.17) is 5.11 Å². The first-order valence-electron chi connectivity index (χ1n) is 11.0. The molecule has 26 heavy (non-hydrogen) atoms. The molecular weight excluding hydrogens is 333 g/mol. The van der Waals surface area contributed by atoms with Gasteiger partial charge in [0.2, 0.25) is 0 Å². The maximum atomic E-state index is 11.1. The SMILES string of the molecule is CCCCCCCCCCCCCCCCCCC(C(=O)O)N(C)C.[Na]. The summed E-state index contributed by atoms with van der Waals surface area (Å²) in [6.07, 6.45) is 22.5. The molecule has 0 rings (SSSR count). The molecule has 1 unspecified atom stereocenters. The van der Waals surface area contributed by atoms with Crippen LogP contribution in [-0.4, -0.2) is 65.7 Å². The number of hydrogen-bond donors (Lipinski definition) is 1. The first kappa shape index (κ1) is 28.6. The zero-order valence-corrected chi connectivity index (χ0v) is 20.4. The van der Waals surface area contributed by atoms with Crippen LogP contribution in [0.5, 0.6) is 0 Å². The number of aliphatic carboxylic acids is 1. The molecule has 3 nitrogen and oxygen atoms in total. The molecule has 0 spiro atoms. The third-order valence-corrected chi connectivity index (χ3v) is 5.24. The van der Waals surface area contributed by atoms with Gasteiger partial charge < -0.3 is 5.11 Å². The van der Waals surface area contributed by atoms with Crippen molar-refractivity contribution in [2.24, 2.45) is 0 Å². The van der Waals surface area contributed by atoms with Crippen molar-refractivity contribution in [2.75, 3.05) is 14.1 Å². The summed E-state index contributed by atoms with van der Waals surface area (Å²) in [5.41, 5.74) is 0. The van der Waals surface area contributed by atoms with E-state index in [9.17, 15) is 4.79 Å². The minimum absolute atomic E-state index is 0. The summed E-state index contributed by atoms with van der Waals surface area (Å²) in [6.45, 7) is 2.28. The maximum Gasteiger partial charge on any atom is 0.320 e. The Morgan fingerprint density at radius 3 is 1.27 bits per heavy atom. The average molecular weight is 379 g/mol. The van der Waals surface area contributed by atoms with E-state index < -0.39 is 5.97 Å². The molecule has 0 amide bonds. The second-order valence-corrected chi connectivity index (χ2v) is 7.91. The Balaban J connectivity index is 0. The van der Waals surface area contributed by atoms with Gasteiger partial charge >= 0.3 is 5.97 Å². The van der Waals surface area contributed by atoms with Gasteiger partial charge in [0.1, 0.15) is 6.04 Å². The Morgan fingerprint density at radius 1 is 0.692 bits per heavy atom. The molecule has 0 aliphatic rings. The topological polar surface area (TPSA) is 40.5 Å². The van der Waals surface area contributed by atoms with Gasteiger partial charge in [-0.1, -0.05) is 110 Å². The van der Waals surface area contributed by atoms with Gasteiger partial charge in [-0.15, -0.1) is 0 Å². The minimum Gasteiger partial charge on any atom is -0.480 e. The van der Waals surface area contributed by atoms with Crippen molar-refractivity contribution in [3.63, 3.8) is 0 Å². The number of hydrogen-bond acceptors (Lipinski definition) is 2. The van der Waals surface area contributed by atoms with E-state index in [0.717, 1.165) is 12.8 Å².